The number of nitrogens with two attached hydrogens (primary N) is 1. The number of hydrogen-bond donors (Lipinski definition) is 1. The zero-order valence-corrected chi connectivity index (χ0v) is 10.9. The van der Waals surface area contributed by atoms with Crippen LogP contribution in [0.1, 0.15) is 15.9 Å². The first-order valence-corrected chi connectivity index (χ1v) is 5.71. The van der Waals surface area contributed by atoms with E-state index in [1.165, 1.54) is 32.3 Å². The zero-order valence-electron chi connectivity index (χ0n) is 10.9. The molecule has 0 fully saturated rings. The molecule has 1 aromatic heterocycles. The fourth-order valence-electron chi connectivity index (χ4n) is 1.85. The summed E-state index contributed by atoms with van der Waals surface area (Å²) in [7, 11) is 2.55. The van der Waals surface area contributed by atoms with E-state index in [0.29, 0.717) is 0 Å². The highest BCUT2D eigenvalue weighted by molar-refractivity contribution is 6.11. The fraction of sp³-hybridized carbons (Fsp3) is 0.154. The van der Waals surface area contributed by atoms with Gasteiger partial charge in [-0.1, -0.05) is 12.1 Å². The van der Waals surface area contributed by atoms with Gasteiger partial charge in [-0.25, -0.2) is 9.18 Å². The Bertz CT molecular complexity index is 821. The average Bonchev–Trinajstić information content (AvgIpc) is 2.43. The van der Waals surface area contributed by atoms with Crippen molar-refractivity contribution in [2.45, 2.75) is 0 Å². The van der Waals surface area contributed by atoms with Crippen LogP contribution in [0.3, 0.4) is 0 Å². The molecule has 0 spiro atoms. The Balaban J connectivity index is 2.78. The summed E-state index contributed by atoms with van der Waals surface area (Å²) >= 11 is 0. The number of halogens is 1. The van der Waals surface area contributed by atoms with Crippen molar-refractivity contribution in [3.63, 3.8) is 0 Å². The summed E-state index contributed by atoms with van der Waals surface area (Å²) in [5.41, 5.74) is 3.46. The average molecular weight is 277 g/mol. The van der Waals surface area contributed by atoms with Crippen LogP contribution in [0.2, 0.25) is 0 Å². The molecule has 20 heavy (non-hydrogen) atoms. The van der Waals surface area contributed by atoms with Gasteiger partial charge in [0.2, 0.25) is 5.78 Å². The molecule has 6 nitrogen and oxygen atoms in total. The first kappa shape index (κ1) is 13.7. The maximum Gasteiger partial charge on any atom is 0.332 e. The molecule has 7 heteroatoms. The molecule has 0 amide bonds. The molecule has 104 valence electrons. The van der Waals surface area contributed by atoms with Crippen molar-refractivity contribution in [2.24, 2.45) is 14.1 Å². The van der Waals surface area contributed by atoms with Crippen molar-refractivity contribution in [2.75, 3.05) is 5.73 Å². The van der Waals surface area contributed by atoms with E-state index in [0.717, 1.165) is 15.2 Å². The van der Waals surface area contributed by atoms with Gasteiger partial charge >= 0.3 is 5.69 Å². The van der Waals surface area contributed by atoms with E-state index >= 15 is 0 Å². The second kappa shape index (κ2) is 4.76. The highest BCUT2D eigenvalue weighted by Gasteiger charge is 2.23. The van der Waals surface area contributed by atoms with Crippen LogP contribution in [0.25, 0.3) is 0 Å². The number of benzene rings is 1. The molecule has 0 aliphatic heterocycles. The minimum Gasteiger partial charge on any atom is -0.384 e. The van der Waals surface area contributed by atoms with E-state index in [-0.39, 0.29) is 11.4 Å². The second-order valence-electron chi connectivity index (χ2n) is 4.27. The summed E-state index contributed by atoms with van der Waals surface area (Å²) in [5.74, 6) is -1.89. The number of nitrogen functional groups attached to an aromatic ring is 1. The van der Waals surface area contributed by atoms with Gasteiger partial charge in [0.15, 0.2) is 0 Å². The Morgan fingerprint density at radius 1 is 1.15 bits per heavy atom. The van der Waals surface area contributed by atoms with Gasteiger partial charge < -0.3 is 5.73 Å². The van der Waals surface area contributed by atoms with Crippen molar-refractivity contribution >= 4 is 11.6 Å². The van der Waals surface area contributed by atoms with Crippen LogP contribution in [0, 0.1) is 5.82 Å². The van der Waals surface area contributed by atoms with E-state index in [2.05, 4.69) is 0 Å². The molecule has 2 N–H and O–H groups in total. The number of ketones is 1. The van der Waals surface area contributed by atoms with Crippen LogP contribution in [-0.4, -0.2) is 14.9 Å². The van der Waals surface area contributed by atoms with Crippen LogP contribution < -0.4 is 17.0 Å². The third-order valence-electron chi connectivity index (χ3n) is 3.06. The first-order valence-electron chi connectivity index (χ1n) is 5.71. The molecule has 0 unspecified atom stereocenters. The Hall–Kier alpha value is -2.70. The van der Waals surface area contributed by atoms with Crippen molar-refractivity contribution in [3.05, 3.63) is 62.0 Å². The summed E-state index contributed by atoms with van der Waals surface area (Å²) in [6.45, 7) is 0. The third-order valence-corrected chi connectivity index (χ3v) is 3.06. The molecule has 0 saturated carbocycles. The number of carbonyl (C=O) groups is 1. The summed E-state index contributed by atoms with van der Waals surface area (Å²) in [6.07, 6.45) is 0. The van der Waals surface area contributed by atoms with Crippen LogP contribution >= 0.6 is 0 Å². The largest absolute Gasteiger partial charge is 0.384 e. The van der Waals surface area contributed by atoms with Crippen molar-refractivity contribution in [3.8, 4) is 0 Å². The van der Waals surface area contributed by atoms with Gasteiger partial charge in [-0.2, -0.15) is 0 Å². The third kappa shape index (κ3) is 1.93. The molecular formula is C13H12FN3O3. The SMILES string of the molecule is Cn1c(N)c(C(=O)c2ccccc2F)c(=O)n(C)c1=O. The molecule has 1 heterocycles. The van der Waals surface area contributed by atoms with Crippen LogP contribution in [0.4, 0.5) is 10.2 Å². The maximum absolute atomic E-state index is 13.6. The van der Waals surface area contributed by atoms with Crippen LogP contribution in [0.15, 0.2) is 33.9 Å². The van der Waals surface area contributed by atoms with E-state index < -0.39 is 28.4 Å². The lowest BCUT2D eigenvalue weighted by atomic mass is 10.0. The van der Waals surface area contributed by atoms with Crippen molar-refractivity contribution < 1.29 is 9.18 Å². The normalized spacial score (nSPS) is 10.6. The topological polar surface area (TPSA) is 87.1 Å². The smallest absolute Gasteiger partial charge is 0.332 e. The van der Waals surface area contributed by atoms with E-state index in [1.807, 2.05) is 0 Å². The maximum atomic E-state index is 13.6. The number of carbonyl (C=O) groups excluding carboxylic acids is 1. The van der Waals surface area contributed by atoms with Gasteiger partial charge in [0.1, 0.15) is 17.2 Å². The number of hydrogen-bond acceptors (Lipinski definition) is 4. The quantitative estimate of drug-likeness (QED) is 0.785. The summed E-state index contributed by atoms with van der Waals surface area (Å²) < 4.78 is 15.4. The lowest BCUT2D eigenvalue weighted by Crippen LogP contribution is -2.41. The minimum absolute atomic E-state index is 0.269. The molecule has 0 radical (unpaired) electrons. The molecular weight excluding hydrogens is 265 g/mol. The number of anilines is 1. The molecule has 0 saturated heterocycles. The summed E-state index contributed by atoms with van der Waals surface area (Å²) in [4.78, 5) is 35.9. The predicted molar refractivity (Wildman–Crippen MR) is 71.2 cm³/mol. The first-order chi connectivity index (χ1) is 9.36. The molecule has 2 rings (SSSR count). The van der Waals surface area contributed by atoms with E-state index in [9.17, 15) is 18.8 Å². The molecule has 1 aromatic carbocycles. The molecule has 0 atom stereocenters. The number of aromatic nitrogens is 2. The molecule has 2 aromatic rings. The van der Waals surface area contributed by atoms with Gasteiger partial charge in [-0.3, -0.25) is 18.7 Å². The monoisotopic (exact) mass is 277 g/mol. The Kier molecular flexibility index (Phi) is 3.27. The fourth-order valence-corrected chi connectivity index (χ4v) is 1.85. The summed E-state index contributed by atoms with van der Waals surface area (Å²) in [6, 6.07) is 5.25. The Morgan fingerprint density at radius 3 is 2.35 bits per heavy atom. The molecule has 0 aliphatic rings. The number of nitrogens with zero attached hydrogens (tertiary/aromatic N) is 2. The predicted octanol–water partition coefficient (Wildman–Crippen LogP) is 0.0363. The van der Waals surface area contributed by atoms with Crippen LogP contribution in [0.5, 0.6) is 0 Å². The summed E-state index contributed by atoms with van der Waals surface area (Å²) in [5, 5.41) is 0. The van der Waals surface area contributed by atoms with Crippen LogP contribution in [-0.2, 0) is 14.1 Å². The van der Waals surface area contributed by atoms with Gasteiger partial charge in [0.25, 0.3) is 5.56 Å². The zero-order chi connectivity index (χ0) is 15.0. The van der Waals surface area contributed by atoms with Gasteiger partial charge in [0, 0.05) is 14.1 Å². The highest BCUT2D eigenvalue weighted by Crippen LogP contribution is 2.14. The lowest BCUT2D eigenvalue weighted by molar-refractivity contribution is 0.103. The second-order valence-corrected chi connectivity index (χ2v) is 4.27. The van der Waals surface area contributed by atoms with Gasteiger partial charge in [-0.15, -0.1) is 0 Å². The minimum atomic E-state index is -0.850. The van der Waals surface area contributed by atoms with Gasteiger partial charge in [0.05, 0.1) is 5.56 Å². The Labute approximate surface area is 112 Å². The Morgan fingerprint density at radius 2 is 1.75 bits per heavy atom. The number of rotatable bonds is 2. The molecule has 0 aliphatic carbocycles. The molecule has 0 bridgehead atoms. The van der Waals surface area contributed by atoms with Crippen molar-refractivity contribution in [1.82, 2.24) is 9.13 Å². The van der Waals surface area contributed by atoms with Crippen molar-refractivity contribution in [1.29, 1.82) is 0 Å². The van der Waals surface area contributed by atoms with Gasteiger partial charge in [-0.05, 0) is 12.1 Å². The van der Waals surface area contributed by atoms with E-state index in [4.69, 9.17) is 5.73 Å². The lowest BCUT2D eigenvalue weighted by Gasteiger charge is -2.11. The standard InChI is InChI=1S/C13H12FN3O3/c1-16-11(15)9(12(19)17(2)13(16)20)10(18)7-5-3-4-6-8(7)14/h3-6H,15H2,1-2H3. The van der Waals surface area contributed by atoms with E-state index in [1.54, 1.807) is 0 Å². The highest BCUT2D eigenvalue weighted by atomic mass is 19.1.